The first-order valence-corrected chi connectivity index (χ1v) is 7.24. The number of ether oxygens (including phenoxy) is 1. The molecule has 0 amide bonds. The lowest BCUT2D eigenvalue weighted by Gasteiger charge is -2.39. The van der Waals surface area contributed by atoms with E-state index < -0.39 is 0 Å². The van der Waals surface area contributed by atoms with Crippen molar-refractivity contribution < 1.29 is 4.74 Å². The van der Waals surface area contributed by atoms with Gasteiger partial charge in [0.05, 0.1) is 6.10 Å². The Kier molecular flexibility index (Phi) is 4.83. The van der Waals surface area contributed by atoms with Gasteiger partial charge in [-0.1, -0.05) is 6.92 Å². The monoisotopic (exact) mass is 240 g/mol. The highest BCUT2D eigenvalue weighted by molar-refractivity contribution is 4.90. The van der Waals surface area contributed by atoms with Gasteiger partial charge in [-0.25, -0.2) is 0 Å². The number of rotatable bonds is 6. The van der Waals surface area contributed by atoms with E-state index in [-0.39, 0.29) is 0 Å². The molecule has 0 radical (unpaired) electrons. The first kappa shape index (κ1) is 13.3. The van der Waals surface area contributed by atoms with Gasteiger partial charge in [0, 0.05) is 32.3 Å². The molecule has 3 unspecified atom stereocenters. The minimum Gasteiger partial charge on any atom is -0.381 e. The maximum absolute atomic E-state index is 5.48. The van der Waals surface area contributed by atoms with Gasteiger partial charge in [-0.15, -0.1) is 0 Å². The second-order valence-electron chi connectivity index (χ2n) is 5.73. The molecule has 1 N–H and O–H groups in total. The zero-order valence-electron chi connectivity index (χ0n) is 11.6. The summed E-state index contributed by atoms with van der Waals surface area (Å²) in [5, 5.41) is 3.66. The summed E-state index contributed by atoms with van der Waals surface area (Å²) in [6, 6.07) is 1.40. The number of hydrogen-bond donors (Lipinski definition) is 1. The molecule has 0 bridgehead atoms. The van der Waals surface area contributed by atoms with Crippen LogP contribution in [0.3, 0.4) is 0 Å². The topological polar surface area (TPSA) is 24.5 Å². The van der Waals surface area contributed by atoms with Gasteiger partial charge >= 0.3 is 0 Å². The van der Waals surface area contributed by atoms with Crippen LogP contribution in [0.1, 0.15) is 39.5 Å². The van der Waals surface area contributed by atoms with Crippen molar-refractivity contribution in [1.29, 1.82) is 0 Å². The van der Waals surface area contributed by atoms with Crippen LogP contribution in [0, 0.1) is 5.92 Å². The molecule has 3 atom stereocenters. The molecule has 1 heterocycles. The van der Waals surface area contributed by atoms with Gasteiger partial charge < -0.3 is 10.1 Å². The fourth-order valence-electron chi connectivity index (χ4n) is 3.06. The number of hydrogen-bond acceptors (Lipinski definition) is 3. The maximum Gasteiger partial charge on any atom is 0.0598 e. The van der Waals surface area contributed by atoms with Gasteiger partial charge in [0.1, 0.15) is 0 Å². The Morgan fingerprint density at radius 3 is 2.65 bits per heavy atom. The molecule has 1 saturated carbocycles. The van der Waals surface area contributed by atoms with Gasteiger partial charge in [-0.2, -0.15) is 0 Å². The summed E-state index contributed by atoms with van der Waals surface area (Å²) >= 11 is 0. The molecule has 0 aromatic carbocycles. The first-order chi connectivity index (χ1) is 8.24. The SMILES string of the molecule is CCNC(CN1CCC(OC)CC1C)C1CC1. The number of piperidine rings is 1. The number of likely N-dealkylation sites (tertiary alicyclic amines) is 1. The summed E-state index contributed by atoms with van der Waals surface area (Å²) in [4.78, 5) is 2.65. The predicted molar refractivity (Wildman–Crippen MR) is 71.3 cm³/mol. The Balaban J connectivity index is 1.80. The molecule has 2 rings (SSSR count). The van der Waals surface area contributed by atoms with Crippen LogP contribution in [0.25, 0.3) is 0 Å². The van der Waals surface area contributed by atoms with Crippen LogP contribution < -0.4 is 5.32 Å². The van der Waals surface area contributed by atoms with Crippen LogP contribution in [-0.4, -0.2) is 49.8 Å². The van der Waals surface area contributed by atoms with Crippen molar-refractivity contribution in [2.45, 2.75) is 57.7 Å². The standard InChI is InChI=1S/C14H28N2O/c1-4-15-14(12-5-6-12)10-16-8-7-13(17-3)9-11(16)2/h11-15H,4-10H2,1-3H3. The van der Waals surface area contributed by atoms with E-state index in [0.29, 0.717) is 12.1 Å². The van der Waals surface area contributed by atoms with Gasteiger partial charge in [0.15, 0.2) is 0 Å². The fourth-order valence-corrected chi connectivity index (χ4v) is 3.06. The summed E-state index contributed by atoms with van der Waals surface area (Å²) in [6.45, 7) is 8.10. The van der Waals surface area contributed by atoms with E-state index in [9.17, 15) is 0 Å². The van der Waals surface area contributed by atoms with Crippen molar-refractivity contribution in [3.8, 4) is 0 Å². The van der Waals surface area contributed by atoms with Gasteiger partial charge in [0.25, 0.3) is 0 Å². The lowest BCUT2D eigenvalue weighted by Crippen LogP contribution is -2.50. The lowest BCUT2D eigenvalue weighted by molar-refractivity contribution is 0.0119. The van der Waals surface area contributed by atoms with E-state index in [2.05, 4.69) is 24.1 Å². The molecular weight excluding hydrogens is 212 g/mol. The molecule has 2 fully saturated rings. The predicted octanol–water partition coefficient (Wildman–Crippen LogP) is 1.87. The second-order valence-corrected chi connectivity index (χ2v) is 5.73. The highest BCUT2D eigenvalue weighted by Crippen LogP contribution is 2.33. The summed E-state index contributed by atoms with van der Waals surface area (Å²) < 4.78 is 5.48. The van der Waals surface area contributed by atoms with E-state index in [1.54, 1.807) is 0 Å². The van der Waals surface area contributed by atoms with Crippen LogP contribution in [0.2, 0.25) is 0 Å². The van der Waals surface area contributed by atoms with Gasteiger partial charge in [-0.3, -0.25) is 4.90 Å². The average Bonchev–Trinajstić information content (AvgIpc) is 3.14. The van der Waals surface area contributed by atoms with E-state index in [0.717, 1.165) is 18.5 Å². The van der Waals surface area contributed by atoms with Gasteiger partial charge in [0.2, 0.25) is 0 Å². The Morgan fingerprint density at radius 2 is 2.12 bits per heavy atom. The van der Waals surface area contributed by atoms with Crippen molar-refractivity contribution in [2.24, 2.45) is 5.92 Å². The highest BCUT2D eigenvalue weighted by atomic mass is 16.5. The molecule has 1 saturated heterocycles. The molecule has 0 aromatic heterocycles. The summed E-state index contributed by atoms with van der Waals surface area (Å²) in [7, 11) is 1.85. The van der Waals surface area contributed by atoms with E-state index in [4.69, 9.17) is 4.74 Å². The zero-order chi connectivity index (χ0) is 12.3. The summed E-state index contributed by atoms with van der Waals surface area (Å²) in [5.74, 6) is 0.947. The zero-order valence-corrected chi connectivity index (χ0v) is 11.6. The van der Waals surface area contributed by atoms with Crippen molar-refractivity contribution >= 4 is 0 Å². The van der Waals surface area contributed by atoms with Crippen molar-refractivity contribution in [1.82, 2.24) is 10.2 Å². The number of likely N-dealkylation sites (N-methyl/N-ethyl adjacent to an activating group) is 1. The number of nitrogens with one attached hydrogen (secondary N) is 1. The van der Waals surface area contributed by atoms with Crippen molar-refractivity contribution in [3.63, 3.8) is 0 Å². The summed E-state index contributed by atoms with van der Waals surface area (Å²) in [5.41, 5.74) is 0. The van der Waals surface area contributed by atoms with Crippen molar-refractivity contribution in [3.05, 3.63) is 0 Å². The lowest BCUT2D eigenvalue weighted by atomic mass is 9.99. The molecule has 3 nitrogen and oxygen atoms in total. The quantitative estimate of drug-likeness (QED) is 0.767. The highest BCUT2D eigenvalue weighted by Gasteiger charge is 2.34. The molecule has 17 heavy (non-hydrogen) atoms. The second kappa shape index (κ2) is 6.17. The third-order valence-electron chi connectivity index (χ3n) is 4.39. The normalized spacial score (nSPS) is 32.6. The number of nitrogens with zero attached hydrogens (tertiary/aromatic N) is 1. The smallest absolute Gasteiger partial charge is 0.0598 e. The molecular formula is C14H28N2O. The fraction of sp³-hybridized carbons (Fsp3) is 1.00. The first-order valence-electron chi connectivity index (χ1n) is 7.24. The Bertz CT molecular complexity index is 230. The molecule has 2 aliphatic rings. The van der Waals surface area contributed by atoms with Crippen LogP contribution in [0.4, 0.5) is 0 Å². The van der Waals surface area contributed by atoms with E-state index >= 15 is 0 Å². The van der Waals surface area contributed by atoms with Crippen molar-refractivity contribution in [2.75, 3.05) is 26.7 Å². The van der Waals surface area contributed by atoms with Crippen LogP contribution in [0.5, 0.6) is 0 Å². The van der Waals surface area contributed by atoms with Crippen LogP contribution in [-0.2, 0) is 4.74 Å². The van der Waals surface area contributed by atoms with E-state index in [1.165, 1.54) is 38.8 Å². The minimum absolute atomic E-state index is 0.486. The summed E-state index contributed by atoms with van der Waals surface area (Å²) in [6.07, 6.45) is 5.74. The molecule has 0 spiro atoms. The third-order valence-corrected chi connectivity index (χ3v) is 4.39. The molecule has 0 aromatic rings. The van der Waals surface area contributed by atoms with Crippen LogP contribution in [0.15, 0.2) is 0 Å². The maximum atomic E-state index is 5.48. The third kappa shape index (κ3) is 3.67. The molecule has 1 aliphatic heterocycles. The Labute approximate surface area is 106 Å². The van der Waals surface area contributed by atoms with Crippen LogP contribution >= 0.6 is 0 Å². The molecule has 100 valence electrons. The largest absolute Gasteiger partial charge is 0.381 e. The Hall–Kier alpha value is -0.120. The van der Waals surface area contributed by atoms with E-state index in [1.807, 2.05) is 7.11 Å². The molecule has 1 aliphatic carbocycles. The molecule has 3 heteroatoms. The number of methoxy groups -OCH3 is 1. The Morgan fingerprint density at radius 1 is 1.35 bits per heavy atom. The average molecular weight is 240 g/mol. The van der Waals surface area contributed by atoms with Gasteiger partial charge in [-0.05, 0) is 45.1 Å². The minimum atomic E-state index is 0.486.